The largest absolute Gasteiger partial charge is 0.443 e. The topological polar surface area (TPSA) is 55.6 Å². The number of anilines is 1. The van der Waals surface area contributed by atoms with Gasteiger partial charge in [0.2, 0.25) is 0 Å². The number of hydrogen-bond donors (Lipinski definition) is 1. The van der Waals surface area contributed by atoms with Crippen molar-refractivity contribution in [2.45, 2.75) is 26.4 Å². The predicted octanol–water partition coefficient (Wildman–Crippen LogP) is 2.69. The van der Waals surface area contributed by atoms with Crippen molar-refractivity contribution in [1.29, 1.82) is 0 Å². The van der Waals surface area contributed by atoms with Crippen LogP contribution in [0.2, 0.25) is 0 Å². The molecule has 5 heteroatoms. The normalized spacial score (nSPS) is 10.9. The fourth-order valence-electron chi connectivity index (χ4n) is 1.30. The summed E-state index contributed by atoms with van der Waals surface area (Å²) in [6.07, 6.45) is -0.414. The highest BCUT2D eigenvalue weighted by molar-refractivity contribution is 7.80. The minimum Gasteiger partial charge on any atom is -0.443 e. The van der Waals surface area contributed by atoms with Gasteiger partial charge in [0.1, 0.15) is 10.6 Å². The average Bonchev–Trinajstić information content (AvgIpc) is 2.26. The summed E-state index contributed by atoms with van der Waals surface area (Å²) in [5.41, 5.74) is 6.45. The van der Waals surface area contributed by atoms with Crippen LogP contribution < -0.4 is 10.6 Å². The Bertz CT molecular complexity index is 466. The lowest BCUT2D eigenvalue weighted by Crippen LogP contribution is -2.34. The second-order valence-corrected chi connectivity index (χ2v) is 5.39. The molecule has 0 aliphatic rings. The molecule has 0 fully saturated rings. The van der Waals surface area contributed by atoms with E-state index in [1.807, 2.05) is 20.8 Å². The molecule has 0 aliphatic carbocycles. The Balaban J connectivity index is 2.90. The quantitative estimate of drug-likeness (QED) is 0.836. The van der Waals surface area contributed by atoms with Gasteiger partial charge >= 0.3 is 6.09 Å². The summed E-state index contributed by atoms with van der Waals surface area (Å²) in [5.74, 6) is 0. The molecule has 0 saturated heterocycles. The molecule has 0 radical (unpaired) electrons. The summed E-state index contributed by atoms with van der Waals surface area (Å²) in [6, 6.07) is 7.15. The first-order chi connectivity index (χ1) is 8.20. The van der Waals surface area contributed by atoms with Crippen molar-refractivity contribution in [3.05, 3.63) is 29.8 Å². The van der Waals surface area contributed by atoms with Gasteiger partial charge in [-0.15, -0.1) is 0 Å². The van der Waals surface area contributed by atoms with E-state index in [0.717, 1.165) is 5.56 Å². The van der Waals surface area contributed by atoms with Crippen LogP contribution in [-0.2, 0) is 4.74 Å². The summed E-state index contributed by atoms with van der Waals surface area (Å²) < 4.78 is 5.28. The van der Waals surface area contributed by atoms with Crippen molar-refractivity contribution in [1.82, 2.24) is 0 Å². The lowest BCUT2D eigenvalue weighted by atomic mass is 10.2. The van der Waals surface area contributed by atoms with E-state index in [4.69, 9.17) is 22.7 Å². The van der Waals surface area contributed by atoms with Crippen LogP contribution in [0.25, 0.3) is 0 Å². The van der Waals surface area contributed by atoms with Gasteiger partial charge in [0.25, 0.3) is 0 Å². The van der Waals surface area contributed by atoms with Crippen LogP contribution in [0, 0.1) is 0 Å². The van der Waals surface area contributed by atoms with E-state index < -0.39 is 11.7 Å². The third-order valence-corrected chi connectivity index (χ3v) is 2.42. The molecule has 4 nitrogen and oxygen atoms in total. The number of carbonyl (C=O) groups excluding carboxylic acids is 1. The fourth-order valence-corrected chi connectivity index (χ4v) is 1.43. The predicted molar refractivity (Wildman–Crippen MR) is 77.0 cm³/mol. The van der Waals surface area contributed by atoms with Gasteiger partial charge in [0.05, 0.1) is 0 Å². The first-order valence-corrected chi connectivity index (χ1v) is 5.98. The van der Waals surface area contributed by atoms with E-state index >= 15 is 0 Å². The van der Waals surface area contributed by atoms with Gasteiger partial charge in [-0.05, 0) is 32.9 Å². The van der Waals surface area contributed by atoms with Crippen LogP contribution in [0.1, 0.15) is 26.3 Å². The number of rotatable bonds is 2. The van der Waals surface area contributed by atoms with Crippen LogP contribution in [0.3, 0.4) is 0 Å². The Morgan fingerprint density at radius 3 is 2.50 bits per heavy atom. The molecule has 98 valence electrons. The first-order valence-electron chi connectivity index (χ1n) is 5.57. The molecular formula is C13H18N2O2S. The van der Waals surface area contributed by atoms with Crippen molar-refractivity contribution in [3.63, 3.8) is 0 Å². The highest BCUT2D eigenvalue weighted by Crippen LogP contribution is 2.18. The molecule has 0 aromatic heterocycles. The van der Waals surface area contributed by atoms with E-state index in [1.54, 1.807) is 31.3 Å². The molecule has 0 atom stereocenters. The maximum absolute atomic E-state index is 11.9. The summed E-state index contributed by atoms with van der Waals surface area (Å²) >= 11 is 4.90. The van der Waals surface area contributed by atoms with Gasteiger partial charge in [-0.2, -0.15) is 0 Å². The van der Waals surface area contributed by atoms with E-state index in [0.29, 0.717) is 10.7 Å². The summed E-state index contributed by atoms with van der Waals surface area (Å²) in [7, 11) is 1.65. The molecule has 0 heterocycles. The van der Waals surface area contributed by atoms with Gasteiger partial charge in [-0.3, -0.25) is 4.90 Å². The van der Waals surface area contributed by atoms with E-state index in [9.17, 15) is 4.79 Å². The highest BCUT2D eigenvalue weighted by Gasteiger charge is 2.20. The van der Waals surface area contributed by atoms with Crippen molar-refractivity contribution < 1.29 is 9.53 Å². The Kier molecular flexibility index (Phi) is 4.29. The second-order valence-electron chi connectivity index (χ2n) is 4.95. The molecule has 0 unspecified atom stereocenters. The van der Waals surface area contributed by atoms with E-state index in [2.05, 4.69) is 0 Å². The van der Waals surface area contributed by atoms with Crippen LogP contribution in [0.15, 0.2) is 24.3 Å². The van der Waals surface area contributed by atoms with Gasteiger partial charge in [0.15, 0.2) is 0 Å². The number of hydrogen-bond acceptors (Lipinski definition) is 3. The summed E-state index contributed by atoms with van der Waals surface area (Å²) in [5, 5.41) is 0. The number of benzene rings is 1. The van der Waals surface area contributed by atoms with E-state index in [1.165, 1.54) is 4.90 Å². The van der Waals surface area contributed by atoms with Crippen molar-refractivity contribution in [3.8, 4) is 0 Å². The smallest absolute Gasteiger partial charge is 0.414 e. The monoisotopic (exact) mass is 266 g/mol. The lowest BCUT2D eigenvalue weighted by molar-refractivity contribution is 0.0589. The number of amides is 1. The number of ether oxygens (including phenoxy) is 1. The molecule has 2 N–H and O–H groups in total. The Morgan fingerprint density at radius 1 is 1.39 bits per heavy atom. The number of carbonyl (C=O) groups is 1. The zero-order valence-corrected chi connectivity index (χ0v) is 11.9. The number of nitrogens with zero attached hydrogens (tertiary/aromatic N) is 1. The molecule has 0 saturated carbocycles. The third-order valence-electron chi connectivity index (χ3n) is 2.19. The zero-order valence-electron chi connectivity index (χ0n) is 11.1. The van der Waals surface area contributed by atoms with Crippen molar-refractivity contribution in [2.24, 2.45) is 5.73 Å². The molecule has 1 aromatic carbocycles. The van der Waals surface area contributed by atoms with Crippen LogP contribution in [0.4, 0.5) is 10.5 Å². The Hall–Kier alpha value is -1.62. The van der Waals surface area contributed by atoms with Crippen molar-refractivity contribution in [2.75, 3.05) is 11.9 Å². The van der Waals surface area contributed by atoms with Crippen LogP contribution in [0.5, 0.6) is 0 Å². The van der Waals surface area contributed by atoms with Crippen LogP contribution >= 0.6 is 12.2 Å². The maximum Gasteiger partial charge on any atom is 0.414 e. The Labute approximate surface area is 113 Å². The lowest BCUT2D eigenvalue weighted by Gasteiger charge is -2.24. The van der Waals surface area contributed by atoms with Gasteiger partial charge in [-0.1, -0.05) is 24.4 Å². The van der Waals surface area contributed by atoms with Crippen molar-refractivity contribution >= 4 is 29.0 Å². The number of nitrogens with two attached hydrogens (primary N) is 1. The molecule has 0 spiro atoms. The van der Waals surface area contributed by atoms with Gasteiger partial charge in [0, 0.05) is 18.3 Å². The van der Waals surface area contributed by atoms with Gasteiger partial charge in [-0.25, -0.2) is 4.79 Å². The average molecular weight is 266 g/mol. The molecule has 0 aliphatic heterocycles. The molecule has 0 bridgehead atoms. The molecular weight excluding hydrogens is 248 g/mol. The molecule has 1 aromatic rings. The minimum atomic E-state index is -0.522. The van der Waals surface area contributed by atoms with E-state index in [-0.39, 0.29) is 0 Å². The SMILES string of the molecule is CN(C(=O)OC(C)(C)C)c1cccc(C(N)=S)c1. The summed E-state index contributed by atoms with van der Waals surface area (Å²) in [4.78, 5) is 13.6. The minimum absolute atomic E-state index is 0.300. The maximum atomic E-state index is 11.9. The third kappa shape index (κ3) is 4.00. The van der Waals surface area contributed by atoms with Gasteiger partial charge < -0.3 is 10.5 Å². The fraction of sp³-hybridized carbons (Fsp3) is 0.385. The summed E-state index contributed by atoms with van der Waals surface area (Å²) in [6.45, 7) is 5.47. The number of thiocarbonyl (C=S) groups is 1. The molecule has 18 heavy (non-hydrogen) atoms. The first kappa shape index (κ1) is 14.4. The second kappa shape index (κ2) is 5.35. The standard InChI is InChI=1S/C13H18N2O2S/c1-13(2,3)17-12(16)15(4)10-7-5-6-9(8-10)11(14)18/h5-8H,1-4H3,(H2,14,18). The van der Waals surface area contributed by atoms with Crippen LogP contribution in [-0.4, -0.2) is 23.7 Å². The molecule has 1 rings (SSSR count). The molecule has 1 amide bonds. The Morgan fingerprint density at radius 2 is 2.00 bits per heavy atom. The zero-order chi connectivity index (χ0) is 13.9. The highest BCUT2D eigenvalue weighted by atomic mass is 32.1.